The van der Waals surface area contributed by atoms with Crippen LogP contribution in [0.5, 0.6) is 11.5 Å². The second-order valence-corrected chi connectivity index (χ2v) is 7.86. The fourth-order valence-corrected chi connectivity index (χ4v) is 3.52. The molecule has 6 nitrogen and oxygen atoms in total. The molecule has 4 aromatic carbocycles. The smallest absolute Gasteiger partial charge is 0.122 e. The van der Waals surface area contributed by atoms with Crippen LogP contribution in [-0.4, -0.2) is 11.7 Å². The molecule has 0 unspecified atom stereocenters. The first-order valence-electron chi connectivity index (χ1n) is 10.8. The van der Waals surface area contributed by atoms with Gasteiger partial charge in [0.05, 0.1) is 0 Å². The van der Waals surface area contributed by atoms with E-state index in [1.165, 1.54) is 0 Å². The van der Waals surface area contributed by atoms with Crippen LogP contribution in [0.15, 0.2) is 97.1 Å². The quantitative estimate of drug-likeness (QED) is 0.210. The third-order valence-corrected chi connectivity index (χ3v) is 5.29. The summed E-state index contributed by atoms with van der Waals surface area (Å²) in [5.41, 5.74) is 16.6. The number of amidine groups is 2. The first kappa shape index (κ1) is 22.6. The SMILES string of the molecule is N=C(N)c1cccc(OCc2cccc(-c3cccc(COc4cccc(C(=N)N)c4)c3)c2)c1. The molecule has 0 aromatic heterocycles. The maximum Gasteiger partial charge on any atom is 0.122 e. The summed E-state index contributed by atoms with van der Waals surface area (Å²) in [5, 5.41) is 15.1. The number of ether oxygens (including phenoxy) is 2. The van der Waals surface area contributed by atoms with Gasteiger partial charge in [0.15, 0.2) is 0 Å². The van der Waals surface area contributed by atoms with Gasteiger partial charge >= 0.3 is 0 Å². The van der Waals surface area contributed by atoms with E-state index in [4.69, 9.17) is 31.8 Å². The molecule has 170 valence electrons. The van der Waals surface area contributed by atoms with E-state index < -0.39 is 0 Å². The zero-order valence-corrected chi connectivity index (χ0v) is 18.6. The maximum absolute atomic E-state index is 7.57. The molecule has 34 heavy (non-hydrogen) atoms. The van der Waals surface area contributed by atoms with Gasteiger partial charge in [0.25, 0.3) is 0 Å². The molecule has 4 rings (SSSR count). The Balaban J connectivity index is 1.44. The van der Waals surface area contributed by atoms with Gasteiger partial charge in [0, 0.05) is 11.1 Å². The van der Waals surface area contributed by atoms with Crippen LogP contribution >= 0.6 is 0 Å². The Hall–Kier alpha value is -4.58. The van der Waals surface area contributed by atoms with Crippen molar-refractivity contribution in [3.63, 3.8) is 0 Å². The summed E-state index contributed by atoms with van der Waals surface area (Å²) in [5.74, 6) is 1.38. The number of nitrogens with one attached hydrogen (secondary N) is 2. The number of hydrogen-bond donors (Lipinski definition) is 4. The minimum absolute atomic E-state index is 0.0165. The van der Waals surface area contributed by atoms with Crippen LogP contribution in [0.2, 0.25) is 0 Å². The lowest BCUT2D eigenvalue weighted by atomic mass is 10.0. The predicted molar refractivity (Wildman–Crippen MR) is 135 cm³/mol. The fraction of sp³-hybridized carbons (Fsp3) is 0.0714. The Bertz CT molecular complexity index is 1230. The number of nitrogens with two attached hydrogens (primary N) is 2. The first-order valence-corrected chi connectivity index (χ1v) is 10.8. The number of rotatable bonds is 9. The second kappa shape index (κ2) is 10.4. The zero-order valence-electron chi connectivity index (χ0n) is 18.6. The molecule has 0 saturated carbocycles. The van der Waals surface area contributed by atoms with Crippen LogP contribution in [0.1, 0.15) is 22.3 Å². The van der Waals surface area contributed by atoms with Gasteiger partial charge in [-0.2, -0.15) is 0 Å². The molecule has 0 saturated heterocycles. The summed E-state index contributed by atoms with van der Waals surface area (Å²) in [4.78, 5) is 0. The summed E-state index contributed by atoms with van der Waals surface area (Å²) in [6.07, 6.45) is 0. The molecule has 4 aromatic rings. The van der Waals surface area contributed by atoms with Crippen LogP contribution in [0, 0.1) is 10.8 Å². The minimum atomic E-state index is 0.0165. The summed E-state index contributed by atoms with van der Waals surface area (Å²) >= 11 is 0. The van der Waals surface area contributed by atoms with E-state index in [1.54, 1.807) is 24.3 Å². The molecule has 0 atom stereocenters. The van der Waals surface area contributed by atoms with Crippen molar-refractivity contribution in [2.45, 2.75) is 13.2 Å². The standard InChI is InChI=1S/C28H26N4O2/c29-27(30)23-9-3-11-25(15-23)33-17-19-5-1-7-21(13-19)22-8-2-6-20(14-22)18-34-26-12-4-10-24(16-26)28(31)32/h1-16H,17-18H2,(H3,29,30)(H3,31,32). The van der Waals surface area contributed by atoms with Crippen molar-refractivity contribution in [2.75, 3.05) is 0 Å². The van der Waals surface area contributed by atoms with E-state index in [-0.39, 0.29) is 11.7 Å². The summed E-state index contributed by atoms with van der Waals surface area (Å²) in [7, 11) is 0. The third kappa shape index (κ3) is 5.81. The highest BCUT2D eigenvalue weighted by atomic mass is 16.5. The highest BCUT2D eigenvalue weighted by Crippen LogP contribution is 2.24. The Morgan fingerprint density at radius 2 is 0.971 bits per heavy atom. The molecular formula is C28H26N4O2. The highest BCUT2D eigenvalue weighted by molar-refractivity contribution is 5.95. The average Bonchev–Trinajstić information content (AvgIpc) is 2.87. The van der Waals surface area contributed by atoms with Crippen molar-refractivity contribution in [1.82, 2.24) is 0 Å². The molecule has 0 aliphatic carbocycles. The molecule has 0 spiro atoms. The number of benzene rings is 4. The van der Waals surface area contributed by atoms with Crippen molar-refractivity contribution in [1.29, 1.82) is 10.8 Å². The predicted octanol–water partition coefficient (Wildman–Crippen LogP) is 5.08. The van der Waals surface area contributed by atoms with Crippen molar-refractivity contribution in [3.05, 3.63) is 119 Å². The third-order valence-electron chi connectivity index (χ3n) is 5.29. The lowest BCUT2D eigenvalue weighted by Gasteiger charge is -2.11. The van der Waals surface area contributed by atoms with Gasteiger partial charge in [-0.3, -0.25) is 10.8 Å². The van der Waals surface area contributed by atoms with Crippen LogP contribution in [-0.2, 0) is 13.2 Å². The van der Waals surface area contributed by atoms with Gasteiger partial charge in [0.2, 0.25) is 0 Å². The molecule has 6 N–H and O–H groups in total. The topological polar surface area (TPSA) is 118 Å². The fourth-order valence-electron chi connectivity index (χ4n) is 3.52. The van der Waals surface area contributed by atoms with Crippen LogP contribution in [0.4, 0.5) is 0 Å². The van der Waals surface area contributed by atoms with Crippen LogP contribution < -0.4 is 20.9 Å². The normalized spacial score (nSPS) is 10.5. The Morgan fingerprint density at radius 1 is 0.559 bits per heavy atom. The van der Waals surface area contributed by atoms with E-state index in [0.717, 1.165) is 22.3 Å². The van der Waals surface area contributed by atoms with Gasteiger partial charge < -0.3 is 20.9 Å². The van der Waals surface area contributed by atoms with E-state index in [0.29, 0.717) is 35.8 Å². The van der Waals surface area contributed by atoms with E-state index in [1.807, 2.05) is 48.5 Å². The Kier molecular flexibility index (Phi) is 6.89. The Labute approximate surface area is 198 Å². The zero-order chi connectivity index (χ0) is 23.9. The van der Waals surface area contributed by atoms with Crippen molar-refractivity contribution < 1.29 is 9.47 Å². The lowest BCUT2D eigenvalue weighted by molar-refractivity contribution is 0.306. The molecule has 6 heteroatoms. The van der Waals surface area contributed by atoms with Crippen LogP contribution in [0.3, 0.4) is 0 Å². The number of hydrogen-bond acceptors (Lipinski definition) is 4. The lowest BCUT2D eigenvalue weighted by Crippen LogP contribution is -2.10. The molecule has 0 amide bonds. The first-order chi connectivity index (χ1) is 16.5. The van der Waals surface area contributed by atoms with Gasteiger partial charge in [0.1, 0.15) is 36.4 Å². The number of nitrogen functional groups attached to an aromatic ring is 2. The molecular weight excluding hydrogens is 424 g/mol. The Morgan fingerprint density at radius 3 is 1.38 bits per heavy atom. The van der Waals surface area contributed by atoms with Gasteiger partial charge in [-0.1, -0.05) is 60.7 Å². The van der Waals surface area contributed by atoms with Crippen LogP contribution in [0.25, 0.3) is 11.1 Å². The molecule has 0 heterocycles. The molecule has 0 bridgehead atoms. The summed E-state index contributed by atoms with van der Waals surface area (Å²) < 4.78 is 11.8. The van der Waals surface area contributed by atoms with Gasteiger partial charge in [-0.15, -0.1) is 0 Å². The van der Waals surface area contributed by atoms with E-state index >= 15 is 0 Å². The van der Waals surface area contributed by atoms with Gasteiger partial charge in [-0.05, 0) is 58.7 Å². The second-order valence-electron chi connectivity index (χ2n) is 7.86. The van der Waals surface area contributed by atoms with Crippen molar-refractivity contribution in [3.8, 4) is 22.6 Å². The molecule has 0 fully saturated rings. The largest absolute Gasteiger partial charge is 0.489 e. The molecule has 0 aliphatic heterocycles. The molecule has 0 radical (unpaired) electrons. The minimum Gasteiger partial charge on any atom is -0.489 e. The average molecular weight is 451 g/mol. The van der Waals surface area contributed by atoms with Crippen molar-refractivity contribution >= 4 is 11.7 Å². The van der Waals surface area contributed by atoms with E-state index in [9.17, 15) is 0 Å². The van der Waals surface area contributed by atoms with Crippen molar-refractivity contribution in [2.24, 2.45) is 11.5 Å². The monoisotopic (exact) mass is 450 g/mol. The highest BCUT2D eigenvalue weighted by Gasteiger charge is 2.05. The maximum atomic E-state index is 7.57. The summed E-state index contributed by atoms with van der Waals surface area (Å²) in [6, 6.07) is 30.9. The summed E-state index contributed by atoms with van der Waals surface area (Å²) in [6.45, 7) is 0.814. The molecule has 0 aliphatic rings. The van der Waals surface area contributed by atoms with E-state index in [2.05, 4.69) is 24.3 Å². The van der Waals surface area contributed by atoms with Gasteiger partial charge in [-0.25, -0.2) is 0 Å².